The number of nitrogens with zero attached hydrogens (tertiary/aromatic N) is 2. The summed E-state index contributed by atoms with van der Waals surface area (Å²) in [7, 11) is 0. The van der Waals surface area contributed by atoms with Crippen molar-refractivity contribution < 1.29 is 13.6 Å². The zero-order valence-electron chi connectivity index (χ0n) is 13.6. The minimum atomic E-state index is -0.990. The monoisotopic (exact) mass is 377 g/mol. The summed E-state index contributed by atoms with van der Waals surface area (Å²) in [5.41, 5.74) is 1.32. The van der Waals surface area contributed by atoms with Gasteiger partial charge in [-0.15, -0.1) is 0 Å². The second kappa shape index (κ2) is 7.49. The quantitative estimate of drug-likeness (QED) is 0.633. The zero-order chi connectivity index (χ0) is 18.7. The van der Waals surface area contributed by atoms with Gasteiger partial charge in [0.2, 0.25) is 0 Å². The summed E-state index contributed by atoms with van der Waals surface area (Å²) in [4.78, 5) is 23.3. The number of benzene rings is 1. The Kier molecular flexibility index (Phi) is 5.13. The molecule has 0 aliphatic heterocycles. The van der Waals surface area contributed by atoms with Crippen LogP contribution >= 0.6 is 11.6 Å². The van der Waals surface area contributed by atoms with Crippen molar-refractivity contribution in [1.82, 2.24) is 20.3 Å². The van der Waals surface area contributed by atoms with Crippen LogP contribution in [0.2, 0.25) is 5.02 Å². The van der Waals surface area contributed by atoms with Crippen molar-refractivity contribution >= 4 is 29.0 Å². The number of carbonyl (C=O) groups excluding carboxylic acids is 1. The first-order valence-electron chi connectivity index (χ1n) is 7.58. The van der Waals surface area contributed by atoms with Crippen LogP contribution in [0.4, 0.5) is 20.3 Å². The summed E-state index contributed by atoms with van der Waals surface area (Å²) in [6.07, 6.45) is 2.97. The van der Waals surface area contributed by atoms with Crippen molar-refractivity contribution in [3.05, 3.63) is 70.4 Å². The average molecular weight is 378 g/mol. The number of hydrogen-bond donors (Lipinski definition) is 3. The molecule has 26 heavy (non-hydrogen) atoms. The fourth-order valence-corrected chi connectivity index (χ4v) is 2.42. The van der Waals surface area contributed by atoms with Crippen LogP contribution in [0.3, 0.4) is 0 Å². The third-order valence-corrected chi connectivity index (χ3v) is 3.77. The van der Waals surface area contributed by atoms with E-state index in [4.69, 9.17) is 11.6 Å². The molecular formula is C17H14ClF2N5O. The van der Waals surface area contributed by atoms with Crippen LogP contribution in [0.1, 0.15) is 21.9 Å². The molecule has 3 rings (SSSR count). The molecule has 3 N–H and O–H groups in total. The first-order chi connectivity index (χ1) is 12.4. The number of imidazole rings is 1. The standard InChI is InChI=1S/C17H14ClF2N5O/c1-9-21-7-12(24-9)8-23-17(26)10-4-13(18)16(22-6-10)25-11-2-3-14(19)15(20)5-11/h2-7H,8H2,1H3,(H,21,24)(H,22,25)(H,23,26). The molecule has 134 valence electrons. The number of carbonyl (C=O) groups is 1. The molecule has 0 atom stereocenters. The minimum Gasteiger partial charge on any atom is -0.346 e. The van der Waals surface area contributed by atoms with Crippen molar-refractivity contribution in [2.75, 3.05) is 5.32 Å². The molecule has 9 heteroatoms. The second-order valence-corrected chi connectivity index (χ2v) is 5.89. The van der Waals surface area contributed by atoms with E-state index in [-0.39, 0.29) is 34.5 Å². The van der Waals surface area contributed by atoms with Crippen LogP contribution in [-0.2, 0) is 6.54 Å². The summed E-state index contributed by atoms with van der Waals surface area (Å²) in [6.45, 7) is 2.10. The number of hydrogen-bond acceptors (Lipinski definition) is 4. The van der Waals surface area contributed by atoms with Gasteiger partial charge in [-0.05, 0) is 25.1 Å². The number of amides is 1. The van der Waals surface area contributed by atoms with Crippen LogP contribution < -0.4 is 10.6 Å². The van der Waals surface area contributed by atoms with E-state index >= 15 is 0 Å². The Bertz CT molecular complexity index is 960. The highest BCUT2D eigenvalue weighted by Crippen LogP contribution is 2.25. The molecule has 0 aliphatic rings. The predicted octanol–water partition coefficient (Wildman–Crippen LogP) is 3.72. The lowest BCUT2D eigenvalue weighted by Gasteiger charge is -2.09. The van der Waals surface area contributed by atoms with Crippen LogP contribution in [0, 0.1) is 18.6 Å². The lowest BCUT2D eigenvalue weighted by atomic mass is 10.2. The van der Waals surface area contributed by atoms with Gasteiger partial charge >= 0.3 is 0 Å². The number of nitrogens with one attached hydrogen (secondary N) is 3. The molecule has 0 bridgehead atoms. The van der Waals surface area contributed by atoms with Crippen LogP contribution in [-0.4, -0.2) is 20.9 Å². The maximum Gasteiger partial charge on any atom is 0.253 e. The molecule has 0 saturated carbocycles. The van der Waals surface area contributed by atoms with Crippen LogP contribution in [0.25, 0.3) is 0 Å². The first kappa shape index (κ1) is 17.8. The van der Waals surface area contributed by atoms with Gasteiger partial charge in [-0.1, -0.05) is 11.6 Å². The minimum absolute atomic E-state index is 0.166. The highest BCUT2D eigenvalue weighted by atomic mass is 35.5. The smallest absolute Gasteiger partial charge is 0.253 e. The summed E-state index contributed by atoms with van der Waals surface area (Å²) >= 11 is 6.13. The first-order valence-corrected chi connectivity index (χ1v) is 7.96. The average Bonchev–Trinajstić information content (AvgIpc) is 3.03. The lowest BCUT2D eigenvalue weighted by Crippen LogP contribution is -2.23. The summed E-state index contributed by atoms with van der Waals surface area (Å²) in [6, 6.07) is 4.76. The Labute approximate surface area is 152 Å². The lowest BCUT2D eigenvalue weighted by molar-refractivity contribution is 0.0950. The number of anilines is 2. The second-order valence-electron chi connectivity index (χ2n) is 5.48. The summed E-state index contributed by atoms with van der Waals surface area (Å²) in [5, 5.41) is 5.66. The van der Waals surface area contributed by atoms with Crippen molar-refractivity contribution in [1.29, 1.82) is 0 Å². The highest BCUT2D eigenvalue weighted by Gasteiger charge is 2.11. The maximum absolute atomic E-state index is 13.3. The molecule has 0 saturated heterocycles. The van der Waals surface area contributed by atoms with E-state index in [9.17, 15) is 13.6 Å². The molecule has 2 aromatic heterocycles. The van der Waals surface area contributed by atoms with Crippen LogP contribution in [0.15, 0.2) is 36.7 Å². The van der Waals surface area contributed by atoms with E-state index in [1.165, 1.54) is 18.3 Å². The molecule has 6 nitrogen and oxygen atoms in total. The molecule has 0 fully saturated rings. The van der Waals surface area contributed by atoms with Gasteiger partial charge in [-0.3, -0.25) is 4.79 Å². The largest absolute Gasteiger partial charge is 0.346 e. The molecule has 2 heterocycles. The van der Waals surface area contributed by atoms with E-state index in [1.807, 2.05) is 6.92 Å². The number of aromatic amines is 1. The Balaban J connectivity index is 1.68. The number of H-pyrrole nitrogens is 1. The highest BCUT2D eigenvalue weighted by molar-refractivity contribution is 6.33. The maximum atomic E-state index is 13.3. The zero-order valence-corrected chi connectivity index (χ0v) is 14.4. The molecule has 0 radical (unpaired) electrons. The third kappa shape index (κ3) is 4.15. The Morgan fingerprint density at radius 1 is 1.19 bits per heavy atom. The van der Waals surface area contributed by atoms with E-state index in [2.05, 4.69) is 25.6 Å². The van der Waals surface area contributed by atoms with Crippen molar-refractivity contribution in [3.63, 3.8) is 0 Å². The molecule has 1 aromatic carbocycles. The molecule has 1 amide bonds. The summed E-state index contributed by atoms with van der Waals surface area (Å²) < 4.78 is 26.2. The van der Waals surface area contributed by atoms with Crippen molar-refractivity contribution in [2.24, 2.45) is 0 Å². The Morgan fingerprint density at radius 2 is 2.00 bits per heavy atom. The van der Waals surface area contributed by atoms with Gasteiger partial charge in [0.1, 0.15) is 11.6 Å². The normalized spacial score (nSPS) is 10.6. The van der Waals surface area contributed by atoms with Gasteiger partial charge < -0.3 is 15.6 Å². The number of halogens is 3. The van der Waals surface area contributed by atoms with E-state index in [1.54, 1.807) is 6.20 Å². The molecule has 0 aliphatic carbocycles. The SMILES string of the molecule is Cc1ncc(CNC(=O)c2cnc(Nc3ccc(F)c(F)c3)c(Cl)c2)[nH]1. The number of aryl methyl sites for hydroxylation is 1. The van der Waals surface area contributed by atoms with E-state index < -0.39 is 11.6 Å². The van der Waals surface area contributed by atoms with Gasteiger partial charge in [0.25, 0.3) is 5.91 Å². The molecular weight excluding hydrogens is 364 g/mol. The number of rotatable bonds is 5. The molecule has 0 unspecified atom stereocenters. The van der Waals surface area contributed by atoms with Gasteiger partial charge in [0.15, 0.2) is 11.6 Å². The Hall–Kier alpha value is -3.00. The number of pyridine rings is 1. The van der Waals surface area contributed by atoms with Gasteiger partial charge in [0, 0.05) is 18.0 Å². The number of aromatic nitrogens is 3. The van der Waals surface area contributed by atoms with Crippen molar-refractivity contribution in [3.8, 4) is 0 Å². The third-order valence-electron chi connectivity index (χ3n) is 3.48. The van der Waals surface area contributed by atoms with Crippen LogP contribution in [0.5, 0.6) is 0 Å². The van der Waals surface area contributed by atoms with E-state index in [0.717, 1.165) is 23.7 Å². The fourth-order valence-electron chi connectivity index (χ4n) is 2.20. The summed E-state index contributed by atoms with van der Waals surface area (Å²) in [5.74, 6) is -1.32. The van der Waals surface area contributed by atoms with Crippen molar-refractivity contribution in [2.45, 2.75) is 13.5 Å². The predicted molar refractivity (Wildman–Crippen MR) is 93.4 cm³/mol. The fraction of sp³-hybridized carbons (Fsp3) is 0.118. The Morgan fingerprint density at radius 3 is 2.65 bits per heavy atom. The van der Waals surface area contributed by atoms with Gasteiger partial charge in [-0.2, -0.15) is 0 Å². The topological polar surface area (TPSA) is 82.7 Å². The molecule has 3 aromatic rings. The van der Waals surface area contributed by atoms with Gasteiger partial charge in [0.05, 0.1) is 29.0 Å². The van der Waals surface area contributed by atoms with Gasteiger partial charge in [-0.25, -0.2) is 18.7 Å². The molecule has 0 spiro atoms. The van der Waals surface area contributed by atoms with E-state index in [0.29, 0.717) is 0 Å².